The highest BCUT2D eigenvalue weighted by Gasteiger charge is 2.36. The van der Waals surface area contributed by atoms with E-state index in [1.54, 1.807) is 0 Å². The van der Waals surface area contributed by atoms with E-state index in [2.05, 4.69) is 16.6 Å². The van der Waals surface area contributed by atoms with Crippen LogP contribution >= 0.6 is 0 Å². The number of hydrogen-bond donors (Lipinski definition) is 1. The van der Waals surface area contributed by atoms with Crippen molar-refractivity contribution in [3.8, 4) is 11.3 Å². The Balaban J connectivity index is 1.81. The molecule has 2 saturated carbocycles. The monoisotopic (exact) mass is 257 g/mol. The predicted molar refractivity (Wildman–Crippen MR) is 73.8 cm³/mol. The molecule has 0 saturated heterocycles. The number of rotatable bonds is 4. The van der Waals surface area contributed by atoms with Crippen LogP contribution in [0.2, 0.25) is 0 Å². The van der Waals surface area contributed by atoms with Crippen LogP contribution in [-0.2, 0) is 6.54 Å². The smallest absolute Gasteiger partial charge is 0.132 e. The molecule has 2 aromatic heterocycles. The fourth-order valence-corrected chi connectivity index (χ4v) is 2.68. The van der Waals surface area contributed by atoms with Gasteiger partial charge in [-0.05, 0) is 32.6 Å². The van der Waals surface area contributed by atoms with Crippen LogP contribution in [0.25, 0.3) is 11.3 Å². The number of nitrogens with zero attached hydrogens (tertiary/aromatic N) is 4. The van der Waals surface area contributed by atoms with Crippen molar-refractivity contribution in [3.05, 3.63) is 18.2 Å². The van der Waals surface area contributed by atoms with Gasteiger partial charge in [-0.15, -0.1) is 0 Å². The van der Waals surface area contributed by atoms with Gasteiger partial charge in [0.05, 0.1) is 6.20 Å². The molecule has 2 N–H and O–H groups in total. The van der Waals surface area contributed by atoms with Gasteiger partial charge in [0.2, 0.25) is 0 Å². The Morgan fingerprint density at radius 2 is 2.11 bits per heavy atom. The van der Waals surface area contributed by atoms with E-state index in [-0.39, 0.29) is 0 Å². The quantitative estimate of drug-likeness (QED) is 0.915. The second kappa shape index (κ2) is 3.85. The molecule has 5 nitrogen and oxygen atoms in total. The third kappa shape index (κ3) is 1.76. The Kier molecular flexibility index (Phi) is 2.25. The SMILES string of the molecule is CCn1cc(-c2nc(C3CC3)n(C3CC3)c2N)cn1. The number of nitrogen functional groups attached to an aromatic ring is 1. The highest BCUT2D eigenvalue weighted by Crippen LogP contribution is 2.47. The first-order valence-electron chi connectivity index (χ1n) is 7.18. The molecule has 0 amide bonds. The minimum absolute atomic E-state index is 0.595. The van der Waals surface area contributed by atoms with Crippen LogP contribution in [-0.4, -0.2) is 19.3 Å². The number of aryl methyl sites for hydroxylation is 1. The number of anilines is 1. The molecule has 0 atom stereocenters. The fraction of sp³-hybridized carbons (Fsp3) is 0.571. The zero-order valence-corrected chi connectivity index (χ0v) is 11.2. The molecule has 0 radical (unpaired) electrons. The molecule has 5 heteroatoms. The first-order chi connectivity index (χ1) is 9.28. The van der Waals surface area contributed by atoms with Gasteiger partial charge >= 0.3 is 0 Å². The topological polar surface area (TPSA) is 61.7 Å². The first kappa shape index (κ1) is 11.1. The van der Waals surface area contributed by atoms with E-state index in [9.17, 15) is 0 Å². The zero-order valence-electron chi connectivity index (χ0n) is 11.2. The maximum absolute atomic E-state index is 6.36. The zero-order chi connectivity index (χ0) is 13.0. The number of nitrogens with two attached hydrogens (primary N) is 1. The summed E-state index contributed by atoms with van der Waals surface area (Å²) in [6.45, 7) is 2.96. The second-order valence-electron chi connectivity index (χ2n) is 5.66. The number of hydrogen-bond acceptors (Lipinski definition) is 3. The molecule has 0 spiro atoms. The average molecular weight is 257 g/mol. The lowest BCUT2D eigenvalue weighted by Crippen LogP contribution is -2.04. The van der Waals surface area contributed by atoms with Gasteiger partial charge in [0, 0.05) is 30.3 Å². The van der Waals surface area contributed by atoms with Crippen LogP contribution in [0.4, 0.5) is 5.82 Å². The van der Waals surface area contributed by atoms with Gasteiger partial charge in [0.25, 0.3) is 0 Å². The maximum atomic E-state index is 6.36. The third-order valence-corrected chi connectivity index (χ3v) is 4.06. The van der Waals surface area contributed by atoms with E-state index < -0.39 is 0 Å². The van der Waals surface area contributed by atoms with Gasteiger partial charge in [0.15, 0.2) is 0 Å². The predicted octanol–water partition coefficient (Wildman–Crippen LogP) is 2.56. The van der Waals surface area contributed by atoms with Crippen molar-refractivity contribution >= 4 is 5.82 Å². The lowest BCUT2D eigenvalue weighted by Gasteiger charge is -2.06. The van der Waals surface area contributed by atoms with Crippen molar-refractivity contribution in [3.63, 3.8) is 0 Å². The van der Waals surface area contributed by atoms with Crippen molar-refractivity contribution < 1.29 is 0 Å². The largest absolute Gasteiger partial charge is 0.383 e. The van der Waals surface area contributed by atoms with Gasteiger partial charge in [-0.3, -0.25) is 4.68 Å². The highest BCUT2D eigenvalue weighted by atomic mass is 15.3. The van der Waals surface area contributed by atoms with Crippen molar-refractivity contribution in [2.75, 3.05) is 5.73 Å². The summed E-state index contributed by atoms with van der Waals surface area (Å²) >= 11 is 0. The minimum atomic E-state index is 0.595. The highest BCUT2D eigenvalue weighted by molar-refractivity contribution is 5.70. The molecular weight excluding hydrogens is 238 g/mol. The summed E-state index contributed by atoms with van der Waals surface area (Å²) in [5.74, 6) is 2.68. The van der Waals surface area contributed by atoms with Crippen LogP contribution in [0.5, 0.6) is 0 Å². The van der Waals surface area contributed by atoms with E-state index in [0.29, 0.717) is 12.0 Å². The van der Waals surface area contributed by atoms with Gasteiger partial charge in [-0.25, -0.2) is 4.98 Å². The van der Waals surface area contributed by atoms with Gasteiger partial charge in [-0.1, -0.05) is 0 Å². The van der Waals surface area contributed by atoms with E-state index >= 15 is 0 Å². The van der Waals surface area contributed by atoms with Crippen molar-refractivity contribution in [1.82, 2.24) is 19.3 Å². The average Bonchev–Trinajstić information content (AvgIpc) is 3.33. The standard InChI is InChI=1S/C14H19N5/c1-2-18-8-10(7-16-18)12-13(15)19(11-5-6-11)14(17-12)9-3-4-9/h7-9,11H,2-6,15H2,1H3. The molecule has 19 heavy (non-hydrogen) atoms. The van der Waals surface area contributed by atoms with Gasteiger partial charge in [0.1, 0.15) is 17.3 Å². The summed E-state index contributed by atoms with van der Waals surface area (Å²) in [6.07, 6.45) is 8.91. The van der Waals surface area contributed by atoms with E-state index in [1.165, 1.54) is 31.5 Å². The van der Waals surface area contributed by atoms with Crippen LogP contribution in [0.3, 0.4) is 0 Å². The van der Waals surface area contributed by atoms with Crippen molar-refractivity contribution in [2.45, 2.75) is 51.1 Å². The Bertz CT molecular complexity index is 616. The lowest BCUT2D eigenvalue weighted by atomic mass is 10.2. The normalized spacial score (nSPS) is 19.0. The molecular formula is C14H19N5. The maximum Gasteiger partial charge on any atom is 0.132 e. The first-order valence-corrected chi connectivity index (χ1v) is 7.18. The molecule has 2 aliphatic rings. The summed E-state index contributed by atoms with van der Waals surface area (Å²) in [6, 6.07) is 0.595. The molecule has 2 aliphatic carbocycles. The molecule has 0 aromatic carbocycles. The lowest BCUT2D eigenvalue weighted by molar-refractivity contribution is 0.660. The summed E-state index contributed by atoms with van der Waals surface area (Å²) in [7, 11) is 0. The van der Waals surface area contributed by atoms with E-state index in [0.717, 1.165) is 23.6 Å². The molecule has 2 heterocycles. The molecule has 100 valence electrons. The van der Waals surface area contributed by atoms with Gasteiger partial charge in [-0.2, -0.15) is 5.10 Å². The molecule has 0 aliphatic heterocycles. The van der Waals surface area contributed by atoms with Crippen molar-refractivity contribution in [1.29, 1.82) is 0 Å². The Morgan fingerprint density at radius 3 is 2.68 bits per heavy atom. The van der Waals surface area contributed by atoms with Gasteiger partial charge < -0.3 is 10.3 Å². The Labute approximate surface area is 112 Å². The van der Waals surface area contributed by atoms with Crippen LogP contribution in [0.1, 0.15) is 50.4 Å². The summed E-state index contributed by atoms with van der Waals surface area (Å²) < 4.78 is 4.21. The van der Waals surface area contributed by atoms with E-state index in [4.69, 9.17) is 10.7 Å². The van der Waals surface area contributed by atoms with E-state index in [1.807, 2.05) is 17.1 Å². The summed E-state index contributed by atoms with van der Waals surface area (Å²) in [5.41, 5.74) is 8.32. The number of aromatic nitrogens is 4. The molecule has 4 rings (SSSR count). The number of imidazole rings is 1. The molecule has 0 unspecified atom stereocenters. The molecule has 2 aromatic rings. The Morgan fingerprint density at radius 1 is 1.32 bits per heavy atom. The summed E-state index contributed by atoms with van der Waals surface area (Å²) in [4.78, 5) is 4.84. The van der Waals surface area contributed by atoms with Crippen molar-refractivity contribution in [2.24, 2.45) is 0 Å². The second-order valence-corrected chi connectivity index (χ2v) is 5.66. The fourth-order valence-electron chi connectivity index (χ4n) is 2.68. The van der Waals surface area contributed by atoms with Crippen LogP contribution < -0.4 is 5.73 Å². The van der Waals surface area contributed by atoms with Crippen LogP contribution in [0.15, 0.2) is 12.4 Å². The third-order valence-electron chi connectivity index (χ3n) is 4.06. The Hall–Kier alpha value is -1.78. The van der Waals surface area contributed by atoms with Crippen LogP contribution in [0, 0.1) is 0 Å². The minimum Gasteiger partial charge on any atom is -0.383 e. The molecule has 0 bridgehead atoms. The molecule has 2 fully saturated rings. The summed E-state index contributed by atoms with van der Waals surface area (Å²) in [5, 5.41) is 4.32.